The second-order valence-corrected chi connectivity index (χ2v) is 8.52. The largest absolute Gasteiger partial charge is 0.321 e. The zero-order valence-electron chi connectivity index (χ0n) is 12.7. The van der Waals surface area contributed by atoms with Crippen molar-refractivity contribution in [2.75, 3.05) is 15.4 Å². The molecule has 0 aliphatic carbocycles. The van der Waals surface area contributed by atoms with Gasteiger partial charge in [0.2, 0.25) is 15.9 Å². The SMILES string of the molecule is O=C(Nc1ccccc1Br)c1ccc(N2C(=O)CCS2(=O)=O)cc1Cl. The zero-order valence-corrected chi connectivity index (χ0v) is 15.9. The van der Waals surface area contributed by atoms with Crippen LogP contribution >= 0.6 is 27.5 Å². The van der Waals surface area contributed by atoms with E-state index in [9.17, 15) is 18.0 Å². The fourth-order valence-corrected chi connectivity index (χ4v) is 4.53. The zero-order chi connectivity index (χ0) is 18.2. The Morgan fingerprint density at radius 3 is 2.52 bits per heavy atom. The maximum Gasteiger partial charge on any atom is 0.257 e. The van der Waals surface area contributed by atoms with Crippen molar-refractivity contribution in [2.45, 2.75) is 6.42 Å². The number of rotatable bonds is 3. The molecule has 0 bridgehead atoms. The van der Waals surface area contributed by atoms with E-state index in [2.05, 4.69) is 21.2 Å². The van der Waals surface area contributed by atoms with Crippen LogP contribution in [-0.4, -0.2) is 26.0 Å². The molecule has 9 heteroatoms. The van der Waals surface area contributed by atoms with Crippen molar-refractivity contribution < 1.29 is 18.0 Å². The average molecular weight is 444 g/mol. The maximum absolute atomic E-state index is 12.4. The minimum atomic E-state index is -3.67. The van der Waals surface area contributed by atoms with Crippen molar-refractivity contribution in [1.82, 2.24) is 0 Å². The van der Waals surface area contributed by atoms with Gasteiger partial charge in [-0.3, -0.25) is 9.59 Å². The van der Waals surface area contributed by atoms with Gasteiger partial charge in [0.15, 0.2) is 0 Å². The van der Waals surface area contributed by atoms with Crippen LogP contribution in [-0.2, 0) is 14.8 Å². The Morgan fingerprint density at radius 1 is 1.20 bits per heavy atom. The van der Waals surface area contributed by atoms with E-state index in [1.165, 1.54) is 18.2 Å². The fraction of sp³-hybridized carbons (Fsp3) is 0.125. The summed E-state index contributed by atoms with van der Waals surface area (Å²) in [6, 6.07) is 11.2. The molecule has 1 saturated heterocycles. The first-order valence-corrected chi connectivity index (χ1v) is 9.99. The van der Waals surface area contributed by atoms with Crippen molar-refractivity contribution in [2.24, 2.45) is 0 Å². The molecule has 2 aromatic rings. The summed E-state index contributed by atoms with van der Waals surface area (Å²) in [7, 11) is -3.67. The second-order valence-electron chi connectivity index (χ2n) is 5.32. The lowest BCUT2D eigenvalue weighted by Crippen LogP contribution is -2.29. The van der Waals surface area contributed by atoms with Gasteiger partial charge in [-0.2, -0.15) is 0 Å². The topological polar surface area (TPSA) is 83.6 Å². The number of hydrogen-bond donors (Lipinski definition) is 1. The minimum absolute atomic E-state index is 0.0527. The Labute approximate surface area is 158 Å². The molecule has 0 radical (unpaired) electrons. The first-order chi connectivity index (χ1) is 11.8. The summed E-state index contributed by atoms with van der Waals surface area (Å²) in [6.07, 6.45) is -0.0653. The molecule has 0 spiro atoms. The van der Waals surface area contributed by atoms with Crippen LogP contribution in [0.2, 0.25) is 5.02 Å². The number of halogens is 2. The number of carbonyl (C=O) groups is 2. The predicted octanol–water partition coefficient (Wildman–Crippen LogP) is 3.42. The molecule has 1 aliphatic heterocycles. The van der Waals surface area contributed by atoms with Gasteiger partial charge in [-0.05, 0) is 46.3 Å². The van der Waals surface area contributed by atoms with Gasteiger partial charge in [0, 0.05) is 10.9 Å². The van der Waals surface area contributed by atoms with E-state index in [0.29, 0.717) is 10.2 Å². The monoisotopic (exact) mass is 442 g/mol. The fourth-order valence-electron chi connectivity index (χ4n) is 2.44. The van der Waals surface area contributed by atoms with Gasteiger partial charge in [-0.1, -0.05) is 23.7 Å². The Hall–Kier alpha value is -1.90. The van der Waals surface area contributed by atoms with E-state index in [1.54, 1.807) is 18.2 Å². The van der Waals surface area contributed by atoms with Crippen molar-refractivity contribution in [3.8, 4) is 0 Å². The van der Waals surface area contributed by atoms with E-state index in [1.807, 2.05) is 6.07 Å². The Morgan fingerprint density at radius 2 is 1.92 bits per heavy atom. The van der Waals surface area contributed by atoms with Gasteiger partial charge in [0.25, 0.3) is 5.91 Å². The van der Waals surface area contributed by atoms with Crippen molar-refractivity contribution >= 4 is 60.7 Å². The number of para-hydroxylation sites is 1. The summed E-state index contributed by atoms with van der Waals surface area (Å²) >= 11 is 9.48. The number of carbonyl (C=O) groups excluding carboxylic acids is 2. The smallest absolute Gasteiger partial charge is 0.257 e. The van der Waals surface area contributed by atoms with Crippen LogP contribution in [0.3, 0.4) is 0 Å². The number of nitrogens with zero attached hydrogens (tertiary/aromatic N) is 1. The molecule has 3 rings (SSSR count). The number of benzene rings is 2. The number of hydrogen-bond acceptors (Lipinski definition) is 4. The Kier molecular flexibility index (Phi) is 4.86. The first kappa shape index (κ1) is 17.9. The molecule has 25 heavy (non-hydrogen) atoms. The van der Waals surface area contributed by atoms with Crippen molar-refractivity contribution in [1.29, 1.82) is 0 Å². The molecular weight excluding hydrogens is 432 g/mol. The van der Waals surface area contributed by atoms with Gasteiger partial charge in [-0.15, -0.1) is 0 Å². The molecule has 130 valence electrons. The minimum Gasteiger partial charge on any atom is -0.321 e. The van der Waals surface area contributed by atoms with Gasteiger partial charge in [-0.25, -0.2) is 12.7 Å². The molecule has 1 fully saturated rings. The highest BCUT2D eigenvalue weighted by molar-refractivity contribution is 9.10. The third-order valence-corrected chi connectivity index (χ3v) is 6.33. The average Bonchev–Trinajstić information content (AvgIpc) is 2.82. The summed E-state index contributed by atoms with van der Waals surface area (Å²) in [5.41, 5.74) is 0.875. The summed E-state index contributed by atoms with van der Waals surface area (Å²) in [4.78, 5) is 24.2. The quantitative estimate of drug-likeness (QED) is 0.788. The van der Waals surface area contributed by atoms with Gasteiger partial charge < -0.3 is 5.32 Å². The lowest BCUT2D eigenvalue weighted by molar-refractivity contribution is -0.116. The van der Waals surface area contributed by atoms with Gasteiger partial charge in [0.05, 0.1) is 27.7 Å². The molecular formula is C16H12BrClN2O4S. The highest BCUT2D eigenvalue weighted by Gasteiger charge is 2.36. The molecule has 1 N–H and O–H groups in total. The summed E-state index contributed by atoms with van der Waals surface area (Å²) in [6.45, 7) is 0. The lowest BCUT2D eigenvalue weighted by Gasteiger charge is -2.16. The van der Waals surface area contributed by atoms with E-state index in [-0.39, 0.29) is 28.4 Å². The Bertz CT molecular complexity index is 978. The van der Waals surface area contributed by atoms with Crippen LogP contribution in [0.1, 0.15) is 16.8 Å². The molecule has 0 atom stereocenters. The summed E-state index contributed by atoms with van der Waals surface area (Å²) in [5.74, 6) is -1.19. The first-order valence-electron chi connectivity index (χ1n) is 7.21. The van der Waals surface area contributed by atoms with Crippen LogP contribution in [0.15, 0.2) is 46.9 Å². The Balaban J connectivity index is 1.89. The number of nitrogens with one attached hydrogen (secondary N) is 1. The second kappa shape index (κ2) is 6.78. The van der Waals surface area contributed by atoms with Crippen LogP contribution in [0.5, 0.6) is 0 Å². The number of anilines is 2. The number of sulfonamides is 1. The predicted molar refractivity (Wildman–Crippen MR) is 99.4 cm³/mol. The van der Waals surface area contributed by atoms with Crippen LogP contribution < -0.4 is 9.62 Å². The van der Waals surface area contributed by atoms with Crippen molar-refractivity contribution in [3.63, 3.8) is 0 Å². The molecule has 1 aliphatic rings. The summed E-state index contributed by atoms with van der Waals surface area (Å²) < 4.78 is 25.4. The molecule has 0 aromatic heterocycles. The van der Waals surface area contributed by atoms with Crippen LogP contribution in [0.4, 0.5) is 11.4 Å². The highest BCUT2D eigenvalue weighted by atomic mass is 79.9. The van der Waals surface area contributed by atoms with E-state index < -0.39 is 21.8 Å². The standard InChI is InChI=1S/C16H12BrClN2O4S/c17-12-3-1-2-4-14(12)19-16(22)11-6-5-10(9-13(11)18)20-15(21)7-8-25(20,23)24/h1-6,9H,7-8H2,(H,19,22). The molecule has 0 unspecified atom stereocenters. The molecule has 2 amide bonds. The third kappa shape index (κ3) is 3.56. The van der Waals surface area contributed by atoms with E-state index >= 15 is 0 Å². The molecule has 6 nitrogen and oxygen atoms in total. The normalized spacial score (nSPS) is 16.1. The van der Waals surface area contributed by atoms with Crippen LogP contribution in [0, 0.1) is 0 Å². The van der Waals surface area contributed by atoms with Crippen molar-refractivity contribution in [3.05, 3.63) is 57.5 Å². The maximum atomic E-state index is 12.4. The third-order valence-electron chi connectivity index (χ3n) is 3.63. The highest BCUT2D eigenvalue weighted by Crippen LogP contribution is 2.30. The lowest BCUT2D eigenvalue weighted by atomic mass is 10.1. The number of amides is 2. The molecule has 0 saturated carbocycles. The van der Waals surface area contributed by atoms with E-state index in [0.717, 1.165) is 4.31 Å². The van der Waals surface area contributed by atoms with Gasteiger partial charge >= 0.3 is 0 Å². The molecule has 1 heterocycles. The molecule has 2 aromatic carbocycles. The summed E-state index contributed by atoms with van der Waals surface area (Å²) in [5, 5.41) is 2.77. The van der Waals surface area contributed by atoms with E-state index in [4.69, 9.17) is 11.6 Å². The van der Waals surface area contributed by atoms with Gasteiger partial charge in [0.1, 0.15) is 0 Å². The van der Waals surface area contributed by atoms with Crippen LogP contribution in [0.25, 0.3) is 0 Å².